The van der Waals surface area contributed by atoms with E-state index >= 15 is 0 Å². The van der Waals surface area contributed by atoms with Crippen LogP contribution in [-0.2, 0) is 6.42 Å². The molecule has 4 heteroatoms. The first-order chi connectivity index (χ1) is 10.1. The fraction of sp³-hybridized carbons (Fsp3) is 0.412. The van der Waals surface area contributed by atoms with Crippen LogP contribution in [0.15, 0.2) is 18.2 Å². The van der Waals surface area contributed by atoms with Gasteiger partial charge in [0.15, 0.2) is 0 Å². The van der Waals surface area contributed by atoms with E-state index in [0.29, 0.717) is 11.5 Å². The molecule has 0 aliphatic heterocycles. The van der Waals surface area contributed by atoms with Crippen molar-refractivity contribution in [2.24, 2.45) is 0 Å². The van der Waals surface area contributed by atoms with Crippen LogP contribution in [0.25, 0.3) is 11.3 Å². The summed E-state index contributed by atoms with van der Waals surface area (Å²) < 4.78 is 0. The summed E-state index contributed by atoms with van der Waals surface area (Å²) in [6.45, 7) is 3.98. The Bertz CT molecular complexity index is 684. The molecular formula is C17H20N2O2. The van der Waals surface area contributed by atoms with Gasteiger partial charge in [0.2, 0.25) is 0 Å². The minimum atomic E-state index is -0.860. The summed E-state index contributed by atoms with van der Waals surface area (Å²) in [5, 5.41) is 16.8. The van der Waals surface area contributed by atoms with E-state index in [-0.39, 0.29) is 0 Å². The molecule has 1 aliphatic carbocycles. The molecule has 1 aliphatic rings. The zero-order valence-electron chi connectivity index (χ0n) is 12.4. The smallest absolute Gasteiger partial charge is 0.335 e. The topological polar surface area (TPSA) is 66.0 Å². The van der Waals surface area contributed by atoms with Crippen molar-refractivity contribution in [3.05, 3.63) is 40.6 Å². The maximum absolute atomic E-state index is 11.5. The normalized spacial score (nSPS) is 15.0. The number of rotatable bonds is 4. The summed E-state index contributed by atoms with van der Waals surface area (Å²) in [4.78, 5) is 11.5. The molecule has 1 fully saturated rings. The van der Waals surface area contributed by atoms with Gasteiger partial charge in [-0.1, -0.05) is 13.3 Å². The zero-order chi connectivity index (χ0) is 15.0. The van der Waals surface area contributed by atoms with Crippen LogP contribution in [0.1, 0.15) is 59.3 Å². The van der Waals surface area contributed by atoms with E-state index in [1.165, 1.54) is 12.0 Å². The van der Waals surface area contributed by atoms with E-state index in [2.05, 4.69) is 23.2 Å². The molecule has 0 atom stereocenters. The molecule has 0 amide bonds. The number of nitrogens with zero attached hydrogens (tertiary/aromatic N) is 1. The van der Waals surface area contributed by atoms with Crippen molar-refractivity contribution in [1.29, 1.82) is 0 Å². The van der Waals surface area contributed by atoms with E-state index in [1.54, 1.807) is 6.07 Å². The van der Waals surface area contributed by atoms with Crippen LogP contribution in [0.3, 0.4) is 0 Å². The number of hydrogen-bond donors (Lipinski definition) is 2. The number of H-pyrrole nitrogens is 1. The highest BCUT2D eigenvalue weighted by molar-refractivity contribution is 5.91. The maximum atomic E-state index is 11.5. The number of benzene rings is 1. The molecule has 110 valence electrons. The van der Waals surface area contributed by atoms with E-state index in [1.807, 2.05) is 13.0 Å². The summed E-state index contributed by atoms with van der Waals surface area (Å²) in [6, 6.07) is 5.87. The van der Waals surface area contributed by atoms with Crippen molar-refractivity contribution in [3.8, 4) is 11.3 Å². The van der Waals surface area contributed by atoms with Crippen LogP contribution >= 0.6 is 0 Å². The van der Waals surface area contributed by atoms with Crippen molar-refractivity contribution in [2.75, 3.05) is 0 Å². The van der Waals surface area contributed by atoms with Crippen LogP contribution in [-0.4, -0.2) is 21.3 Å². The minimum Gasteiger partial charge on any atom is -0.478 e. The first kappa shape index (κ1) is 13.9. The van der Waals surface area contributed by atoms with Gasteiger partial charge in [-0.2, -0.15) is 5.10 Å². The van der Waals surface area contributed by atoms with Gasteiger partial charge < -0.3 is 5.11 Å². The summed E-state index contributed by atoms with van der Waals surface area (Å²) in [6.07, 6.45) is 4.44. The maximum Gasteiger partial charge on any atom is 0.335 e. The molecule has 0 spiro atoms. The van der Waals surface area contributed by atoms with E-state index in [9.17, 15) is 9.90 Å². The second-order valence-electron chi connectivity index (χ2n) is 5.80. The number of carboxylic acid groups (broad SMARTS) is 1. The monoisotopic (exact) mass is 284 g/mol. The lowest BCUT2D eigenvalue weighted by molar-refractivity contribution is 0.0696. The van der Waals surface area contributed by atoms with Crippen LogP contribution in [0, 0.1) is 6.92 Å². The highest BCUT2D eigenvalue weighted by Gasteiger charge is 2.24. The first-order valence-corrected chi connectivity index (χ1v) is 7.52. The zero-order valence-corrected chi connectivity index (χ0v) is 12.4. The van der Waals surface area contributed by atoms with Gasteiger partial charge in [-0.15, -0.1) is 0 Å². The Kier molecular flexibility index (Phi) is 3.53. The Hall–Kier alpha value is -2.10. The van der Waals surface area contributed by atoms with Gasteiger partial charge in [-0.25, -0.2) is 4.79 Å². The average molecular weight is 284 g/mol. The molecule has 1 heterocycles. The number of aromatic carboxylic acids is 1. The fourth-order valence-corrected chi connectivity index (χ4v) is 2.94. The molecule has 0 saturated heterocycles. The third kappa shape index (κ3) is 2.46. The lowest BCUT2D eigenvalue weighted by Gasteiger charge is -2.28. The summed E-state index contributed by atoms with van der Waals surface area (Å²) >= 11 is 0. The molecule has 2 N–H and O–H groups in total. The highest BCUT2D eigenvalue weighted by Crippen LogP contribution is 2.40. The average Bonchev–Trinajstić information content (AvgIpc) is 2.87. The number of carbonyl (C=O) groups is 1. The van der Waals surface area contributed by atoms with E-state index < -0.39 is 5.97 Å². The molecule has 0 radical (unpaired) electrons. The molecule has 0 bridgehead atoms. The molecule has 21 heavy (non-hydrogen) atoms. The third-order valence-electron chi connectivity index (χ3n) is 4.53. The van der Waals surface area contributed by atoms with Crippen LogP contribution in [0.4, 0.5) is 0 Å². The number of hydrogen-bond acceptors (Lipinski definition) is 2. The molecule has 3 rings (SSSR count). The lowest BCUT2D eigenvalue weighted by atomic mass is 9.77. The van der Waals surface area contributed by atoms with Gasteiger partial charge in [-0.05, 0) is 61.4 Å². The standard InChI is InChI=1S/C17H20N2O2/c1-3-13-9-16(19-18-13)12-7-14(11-5-4-6-11)10(2)15(8-12)17(20)21/h7-9,11H,3-6H2,1-2H3,(H,18,19)(H,20,21). The Morgan fingerprint density at radius 1 is 1.38 bits per heavy atom. The molecule has 4 nitrogen and oxygen atoms in total. The Morgan fingerprint density at radius 2 is 2.14 bits per heavy atom. The van der Waals surface area contributed by atoms with Gasteiger partial charge in [0, 0.05) is 11.3 Å². The Morgan fingerprint density at radius 3 is 2.67 bits per heavy atom. The number of carboxylic acids is 1. The van der Waals surface area contributed by atoms with Crippen molar-refractivity contribution in [2.45, 2.75) is 45.4 Å². The van der Waals surface area contributed by atoms with E-state index in [0.717, 1.165) is 41.8 Å². The van der Waals surface area contributed by atoms with E-state index in [4.69, 9.17) is 0 Å². The molecule has 1 aromatic heterocycles. The van der Waals surface area contributed by atoms with Gasteiger partial charge >= 0.3 is 5.97 Å². The Labute approximate surface area is 124 Å². The minimum absolute atomic E-state index is 0.399. The predicted molar refractivity (Wildman–Crippen MR) is 81.7 cm³/mol. The molecule has 1 aromatic carbocycles. The van der Waals surface area contributed by atoms with Crippen molar-refractivity contribution >= 4 is 5.97 Å². The molecule has 2 aromatic rings. The SMILES string of the molecule is CCc1cc(-c2cc(C(=O)O)c(C)c(C3CCC3)c2)n[nH]1. The van der Waals surface area contributed by atoms with Crippen molar-refractivity contribution in [1.82, 2.24) is 10.2 Å². The Balaban J connectivity index is 2.11. The molecular weight excluding hydrogens is 264 g/mol. The number of aromatic amines is 1. The number of aromatic nitrogens is 2. The number of aryl methyl sites for hydroxylation is 1. The molecule has 0 unspecified atom stereocenters. The summed E-state index contributed by atoms with van der Waals surface area (Å²) in [7, 11) is 0. The predicted octanol–water partition coefficient (Wildman–Crippen LogP) is 3.91. The second-order valence-corrected chi connectivity index (χ2v) is 5.80. The van der Waals surface area contributed by atoms with Crippen molar-refractivity contribution < 1.29 is 9.90 Å². The van der Waals surface area contributed by atoms with Crippen LogP contribution < -0.4 is 0 Å². The summed E-state index contributed by atoms with van der Waals surface area (Å²) in [5.74, 6) is -0.353. The van der Waals surface area contributed by atoms with Crippen molar-refractivity contribution in [3.63, 3.8) is 0 Å². The fourth-order valence-electron chi connectivity index (χ4n) is 2.94. The highest BCUT2D eigenvalue weighted by atomic mass is 16.4. The van der Waals surface area contributed by atoms with Crippen LogP contribution in [0.5, 0.6) is 0 Å². The first-order valence-electron chi connectivity index (χ1n) is 7.52. The second kappa shape index (κ2) is 5.35. The quantitative estimate of drug-likeness (QED) is 0.894. The number of nitrogens with one attached hydrogen (secondary N) is 1. The largest absolute Gasteiger partial charge is 0.478 e. The van der Waals surface area contributed by atoms with Gasteiger partial charge in [0.05, 0.1) is 11.3 Å². The molecule has 1 saturated carbocycles. The third-order valence-corrected chi connectivity index (χ3v) is 4.53. The lowest BCUT2D eigenvalue weighted by Crippen LogP contribution is -2.13. The summed E-state index contributed by atoms with van der Waals surface area (Å²) in [5.41, 5.74) is 5.27. The van der Waals surface area contributed by atoms with Crippen LogP contribution in [0.2, 0.25) is 0 Å². The van der Waals surface area contributed by atoms with Gasteiger partial charge in [0.25, 0.3) is 0 Å². The van der Waals surface area contributed by atoms with Gasteiger partial charge in [0.1, 0.15) is 0 Å². The van der Waals surface area contributed by atoms with Gasteiger partial charge in [-0.3, -0.25) is 5.10 Å².